The van der Waals surface area contributed by atoms with E-state index in [1.54, 1.807) is 13.2 Å². The van der Waals surface area contributed by atoms with Gasteiger partial charge in [0.15, 0.2) is 5.96 Å². The molecule has 0 spiro atoms. The maximum absolute atomic E-state index is 13.3. The molecule has 4 rings (SSSR count). The quantitative estimate of drug-likeness (QED) is 0.326. The smallest absolute Gasteiger partial charge is 0.190 e. The first-order chi connectivity index (χ1) is 14.7. The van der Waals surface area contributed by atoms with Crippen LogP contribution < -0.4 is 10.6 Å². The number of nitrogens with one attached hydrogen (secondary N) is 3. The van der Waals surface area contributed by atoms with E-state index in [-0.39, 0.29) is 5.82 Å². The average molecular weight is 404 g/mol. The van der Waals surface area contributed by atoms with Gasteiger partial charge < -0.3 is 15.6 Å². The summed E-state index contributed by atoms with van der Waals surface area (Å²) in [6, 6.07) is 15.1. The second kappa shape index (κ2) is 9.26. The van der Waals surface area contributed by atoms with E-state index < -0.39 is 0 Å². The molecule has 0 radical (unpaired) electrons. The third-order valence-electron chi connectivity index (χ3n) is 5.05. The van der Waals surface area contributed by atoms with Crippen LogP contribution in [0.2, 0.25) is 0 Å². The predicted octanol–water partition coefficient (Wildman–Crippen LogP) is 3.44. The summed E-state index contributed by atoms with van der Waals surface area (Å²) in [7, 11) is 1.77. The molecule has 154 valence electrons. The molecule has 0 saturated carbocycles. The number of aromatic nitrogens is 3. The Hall–Kier alpha value is -3.61. The van der Waals surface area contributed by atoms with Gasteiger partial charge in [-0.05, 0) is 60.4 Å². The lowest BCUT2D eigenvalue weighted by Gasteiger charge is -2.12. The Bertz CT molecular complexity index is 1110. The van der Waals surface area contributed by atoms with Gasteiger partial charge in [-0.15, -0.1) is 0 Å². The van der Waals surface area contributed by atoms with Crippen LogP contribution >= 0.6 is 0 Å². The van der Waals surface area contributed by atoms with Crippen molar-refractivity contribution in [3.63, 3.8) is 0 Å². The molecule has 2 aromatic carbocycles. The van der Waals surface area contributed by atoms with Gasteiger partial charge in [0.05, 0.1) is 5.69 Å². The molecule has 0 saturated heterocycles. The predicted molar refractivity (Wildman–Crippen MR) is 119 cm³/mol. The Kier molecular flexibility index (Phi) is 6.08. The number of hydrogen-bond acceptors (Lipinski definition) is 2. The van der Waals surface area contributed by atoms with Crippen molar-refractivity contribution in [1.29, 1.82) is 0 Å². The minimum atomic E-state index is -0.227. The van der Waals surface area contributed by atoms with E-state index in [1.165, 1.54) is 17.7 Å². The molecular weight excluding hydrogens is 379 g/mol. The molecule has 6 nitrogen and oxygen atoms in total. The van der Waals surface area contributed by atoms with Crippen molar-refractivity contribution in [2.75, 3.05) is 20.1 Å². The SMILES string of the molecule is CN=C(NCCc1ccc(-n2cccn2)cc1)NCCc1c[nH]c2cc(F)ccc12. The number of guanidine groups is 1. The first-order valence-corrected chi connectivity index (χ1v) is 10.0. The number of aliphatic imine (C=N–C) groups is 1. The van der Waals surface area contributed by atoms with Crippen LogP contribution in [0.4, 0.5) is 4.39 Å². The van der Waals surface area contributed by atoms with E-state index in [2.05, 4.69) is 50.0 Å². The van der Waals surface area contributed by atoms with Crippen LogP contribution in [-0.2, 0) is 12.8 Å². The number of rotatable bonds is 7. The van der Waals surface area contributed by atoms with Crippen molar-refractivity contribution in [3.05, 3.63) is 84.1 Å². The second-order valence-electron chi connectivity index (χ2n) is 7.05. The third-order valence-corrected chi connectivity index (χ3v) is 5.05. The van der Waals surface area contributed by atoms with Crippen molar-refractivity contribution in [1.82, 2.24) is 25.4 Å². The number of hydrogen-bond donors (Lipinski definition) is 3. The summed E-state index contributed by atoms with van der Waals surface area (Å²) in [4.78, 5) is 7.41. The molecule has 0 aliphatic carbocycles. The number of halogens is 1. The number of aromatic amines is 1. The van der Waals surface area contributed by atoms with Gasteiger partial charge in [-0.1, -0.05) is 12.1 Å². The maximum atomic E-state index is 13.3. The van der Waals surface area contributed by atoms with Crippen LogP contribution in [0.1, 0.15) is 11.1 Å². The number of nitrogens with zero attached hydrogens (tertiary/aromatic N) is 3. The fourth-order valence-corrected chi connectivity index (χ4v) is 3.46. The highest BCUT2D eigenvalue weighted by Crippen LogP contribution is 2.19. The molecule has 0 atom stereocenters. The molecule has 0 aliphatic rings. The molecule has 30 heavy (non-hydrogen) atoms. The molecule has 0 aliphatic heterocycles. The summed E-state index contributed by atoms with van der Waals surface area (Å²) >= 11 is 0. The van der Waals surface area contributed by atoms with Gasteiger partial charge in [0, 0.05) is 49.6 Å². The van der Waals surface area contributed by atoms with Crippen LogP contribution in [0.15, 0.2) is 72.1 Å². The minimum absolute atomic E-state index is 0.227. The van der Waals surface area contributed by atoms with Gasteiger partial charge in [0.1, 0.15) is 5.82 Å². The first kappa shape index (κ1) is 19.7. The zero-order valence-electron chi connectivity index (χ0n) is 16.9. The summed E-state index contributed by atoms with van der Waals surface area (Å²) in [6.45, 7) is 1.52. The summed E-state index contributed by atoms with van der Waals surface area (Å²) in [5, 5.41) is 12.0. The zero-order valence-corrected chi connectivity index (χ0v) is 16.9. The summed E-state index contributed by atoms with van der Waals surface area (Å²) in [6.07, 6.45) is 7.36. The summed E-state index contributed by atoms with van der Waals surface area (Å²) < 4.78 is 15.2. The minimum Gasteiger partial charge on any atom is -0.361 e. The normalized spacial score (nSPS) is 11.7. The first-order valence-electron chi connectivity index (χ1n) is 10.0. The lowest BCUT2D eigenvalue weighted by atomic mass is 10.1. The molecule has 2 heterocycles. The van der Waals surface area contributed by atoms with E-state index in [0.717, 1.165) is 54.0 Å². The molecule has 0 fully saturated rings. The Morgan fingerprint density at radius 3 is 2.63 bits per heavy atom. The average Bonchev–Trinajstić information content (AvgIpc) is 3.43. The zero-order chi connectivity index (χ0) is 20.8. The largest absolute Gasteiger partial charge is 0.361 e. The van der Waals surface area contributed by atoms with E-state index in [1.807, 2.05) is 29.2 Å². The van der Waals surface area contributed by atoms with Crippen molar-refractivity contribution in [3.8, 4) is 5.69 Å². The van der Waals surface area contributed by atoms with E-state index >= 15 is 0 Å². The number of benzene rings is 2. The summed E-state index contributed by atoms with van der Waals surface area (Å²) in [5.74, 6) is 0.545. The molecule has 0 bridgehead atoms. The molecule has 0 unspecified atom stereocenters. The fourth-order valence-electron chi connectivity index (χ4n) is 3.46. The highest BCUT2D eigenvalue weighted by atomic mass is 19.1. The van der Waals surface area contributed by atoms with Crippen molar-refractivity contribution in [2.45, 2.75) is 12.8 Å². The van der Waals surface area contributed by atoms with Gasteiger partial charge in [-0.2, -0.15) is 5.10 Å². The Labute approximate surface area is 174 Å². The van der Waals surface area contributed by atoms with Crippen molar-refractivity contribution >= 4 is 16.9 Å². The lowest BCUT2D eigenvalue weighted by molar-refractivity contribution is 0.629. The molecule has 7 heteroatoms. The fraction of sp³-hybridized carbons (Fsp3) is 0.217. The van der Waals surface area contributed by atoms with Crippen LogP contribution in [0.25, 0.3) is 16.6 Å². The van der Waals surface area contributed by atoms with Gasteiger partial charge in [-0.3, -0.25) is 4.99 Å². The molecular formula is C23H25FN6. The van der Waals surface area contributed by atoms with E-state index in [9.17, 15) is 4.39 Å². The second-order valence-corrected chi connectivity index (χ2v) is 7.05. The molecule has 3 N–H and O–H groups in total. The van der Waals surface area contributed by atoms with Crippen LogP contribution in [0, 0.1) is 5.82 Å². The van der Waals surface area contributed by atoms with E-state index in [0.29, 0.717) is 0 Å². The highest BCUT2D eigenvalue weighted by Gasteiger charge is 2.05. The third kappa shape index (κ3) is 4.68. The lowest BCUT2D eigenvalue weighted by Crippen LogP contribution is -2.39. The molecule has 4 aromatic rings. The number of H-pyrrole nitrogens is 1. The monoisotopic (exact) mass is 404 g/mol. The van der Waals surface area contributed by atoms with Crippen molar-refractivity contribution in [2.24, 2.45) is 4.99 Å². The van der Waals surface area contributed by atoms with Gasteiger partial charge in [0.2, 0.25) is 0 Å². The van der Waals surface area contributed by atoms with Crippen LogP contribution in [0.3, 0.4) is 0 Å². The highest BCUT2D eigenvalue weighted by molar-refractivity contribution is 5.83. The summed E-state index contributed by atoms with van der Waals surface area (Å²) in [5.41, 5.74) is 4.28. The Morgan fingerprint density at radius 1 is 1.10 bits per heavy atom. The standard InChI is InChI=1S/C23H25FN6/c1-25-23(27-13-10-18-16-28-22-15-19(24)5-8-21(18)22)26-12-9-17-3-6-20(7-4-17)30-14-2-11-29-30/h2-8,11,14-16,28H,9-10,12-13H2,1H3,(H2,25,26,27). The molecule has 2 aromatic heterocycles. The van der Waals surface area contributed by atoms with Gasteiger partial charge in [0.25, 0.3) is 0 Å². The van der Waals surface area contributed by atoms with Gasteiger partial charge in [-0.25, -0.2) is 9.07 Å². The van der Waals surface area contributed by atoms with Crippen molar-refractivity contribution < 1.29 is 4.39 Å². The Morgan fingerprint density at radius 2 is 1.90 bits per heavy atom. The van der Waals surface area contributed by atoms with Crippen LogP contribution in [-0.4, -0.2) is 40.9 Å². The van der Waals surface area contributed by atoms with Gasteiger partial charge >= 0.3 is 0 Å². The number of fused-ring (bicyclic) bond motifs is 1. The molecule has 0 amide bonds. The topological polar surface area (TPSA) is 70.0 Å². The Balaban J connectivity index is 1.23. The maximum Gasteiger partial charge on any atom is 0.190 e. The van der Waals surface area contributed by atoms with Crippen LogP contribution in [0.5, 0.6) is 0 Å². The van der Waals surface area contributed by atoms with E-state index in [4.69, 9.17) is 0 Å².